The molecular weight excluding hydrogens is 436 g/mol. The Morgan fingerprint density at radius 3 is 2.48 bits per heavy atom. The molecule has 0 spiro atoms. The number of thiazole rings is 1. The van der Waals surface area contributed by atoms with Crippen LogP contribution in [0, 0.1) is 5.92 Å². The Kier molecular flexibility index (Phi) is 6.14. The van der Waals surface area contributed by atoms with Gasteiger partial charge in [0.05, 0.1) is 17.1 Å². The molecule has 4 rings (SSSR count). The molecule has 31 heavy (non-hydrogen) atoms. The van der Waals surface area contributed by atoms with E-state index in [2.05, 4.69) is 10.3 Å². The number of nitrogens with zero attached hydrogens (tertiary/aromatic N) is 3. The van der Waals surface area contributed by atoms with Gasteiger partial charge in [-0.15, -0.1) is 0 Å². The molecule has 1 fully saturated rings. The van der Waals surface area contributed by atoms with Crippen LogP contribution in [-0.4, -0.2) is 54.1 Å². The van der Waals surface area contributed by atoms with Crippen LogP contribution in [0.4, 0.5) is 5.13 Å². The van der Waals surface area contributed by atoms with Crippen LogP contribution < -0.4 is 5.32 Å². The van der Waals surface area contributed by atoms with Crippen LogP contribution in [0.25, 0.3) is 0 Å². The van der Waals surface area contributed by atoms with Gasteiger partial charge in [-0.3, -0.25) is 9.59 Å². The second-order valence-electron chi connectivity index (χ2n) is 7.74. The summed E-state index contributed by atoms with van der Waals surface area (Å²) in [6.07, 6.45) is 2.51. The molecule has 1 aliphatic carbocycles. The van der Waals surface area contributed by atoms with E-state index in [4.69, 9.17) is 0 Å². The number of hydrogen-bond acceptors (Lipinski definition) is 6. The van der Waals surface area contributed by atoms with Crippen molar-refractivity contribution in [2.24, 2.45) is 5.92 Å². The first kappa shape index (κ1) is 21.9. The Labute approximate surface area is 186 Å². The highest BCUT2D eigenvalue weighted by atomic mass is 32.2. The van der Waals surface area contributed by atoms with Crippen molar-refractivity contribution >= 4 is 38.3 Å². The number of rotatable bonds is 7. The summed E-state index contributed by atoms with van der Waals surface area (Å²) in [6, 6.07) is 6.13. The zero-order valence-corrected chi connectivity index (χ0v) is 19.3. The third-order valence-corrected chi connectivity index (χ3v) is 8.70. The van der Waals surface area contributed by atoms with Crippen molar-refractivity contribution in [3.63, 3.8) is 0 Å². The number of hydrogen-bond donors (Lipinski definition) is 1. The Balaban J connectivity index is 1.44. The molecule has 0 bridgehead atoms. The fraction of sp³-hybridized carbons (Fsp3) is 0.476. The summed E-state index contributed by atoms with van der Waals surface area (Å²) >= 11 is 1.42. The standard InChI is InChI=1S/C21H26N4O4S2/c1-3-25(4-2)31(28,29)16-9-7-15(8-10-16)20(27)24-12-11-17-18(13-24)30-21(22-17)23-19(26)14-5-6-14/h7-10,14H,3-6,11-13H2,1-2H3,(H,22,23,26). The van der Waals surface area contributed by atoms with Gasteiger partial charge in [-0.05, 0) is 37.1 Å². The lowest BCUT2D eigenvalue weighted by Gasteiger charge is -2.26. The minimum absolute atomic E-state index is 0.0267. The van der Waals surface area contributed by atoms with E-state index in [0.717, 1.165) is 23.4 Å². The van der Waals surface area contributed by atoms with Crippen LogP contribution >= 0.6 is 11.3 Å². The lowest BCUT2D eigenvalue weighted by Crippen LogP contribution is -2.35. The third-order valence-electron chi connectivity index (χ3n) is 5.64. The summed E-state index contributed by atoms with van der Waals surface area (Å²) in [7, 11) is -3.55. The molecule has 10 heteroatoms. The van der Waals surface area contributed by atoms with Crippen LogP contribution in [0.15, 0.2) is 29.2 Å². The van der Waals surface area contributed by atoms with Crippen LogP contribution in [0.5, 0.6) is 0 Å². The quantitative estimate of drug-likeness (QED) is 0.682. The van der Waals surface area contributed by atoms with Crippen molar-refractivity contribution in [3.05, 3.63) is 40.4 Å². The van der Waals surface area contributed by atoms with Crippen molar-refractivity contribution in [1.82, 2.24) is 14.2 Å². The number of carbonyl (C=O) groups excluding carboxylic acids is 2. The predicted molar refractivity (Wildman–Crippen MR) is 118 cm³/mol. The van der Waals surface area contributed by atoms with E-state index in [1.54, 1.807) is 30.9 Å². The largest absolute Gasteiger partial charge is 0.333 e. The molecule has 1 saturated carbocycles. The number of anilines is 1. The third kappa shape index (κ3) is 4.51. The number of fused-ring (bicyclic) bond motifs is 1. The molecule has 2 aliphatic rings. The predicted octanol–water partition coefficient (Wildman–Crippen LogP) is 2.72. The maximum absolute atomic E-state index is 13.0. The summed E-state index contributed by atoms with van der Waals surface area (Å²) in [5.74, 6) is 0.000656. The highest BCUT2D eigenvalue weighted by Gasteiger charge is 2.31. The van der Waals surface area contributed by atoms with Crippen LogP contribution in [-0.2, 0) is 27.8 Å². The topological polar surface area (TPSA) is 99.7 Å². The van der Waals surface area contributed by atoms with Gasteiger partial charge in [0.15, 0.2) is 5.13 Å². The average molecular weight is 463 g/mol. The molecule has 1 aliphatic heterocycles. The van der Waals surface area contributed by atoms with Gasteiger partial charge in [-0.25, -0.2) is 13.4 Å². The van der Waals surface area contributed by atoms with Crippen LogP contribution in [0.1, 0.15) is 47.6 Å². The summed E-state index contributed by atoms with van der Waals surface area (Å²) in [5.41, 5.74) is 1.38. The van der Waals surface area contributed by atoms with Gasteiger partial charge in [-0.1, -0.05) is 25.2 Å². The van der Waals surface area contributed by atoms with Crippen molar-refractivity contribution in [2.75, 3.05) is 25.0 Å². The molecule has 1 aromatic heterocycles. The number of carbonyl (C=O) groups is 2. The molecule has 0 unspecified atom stereocenters. The summed E-state index contributed by atoms with van der Waals surface area (Å²) in [4.78, 5) is 32.4. The summed E-state index contributed by atoms with van der Waals surface area (Å²) in [6.45, 7) is 5.36. The number of amides is 2. The molecule has 1 N–H and O–H groups in total. The van der Waals surface area contributed by atoms with E-state index in [1.165, 1.54) is 27.8 Å². The average Bonchev–Trinajstić information content (AvgIpc) is 3.54. The number of benzene rings is 1. The van der Waals surface area contributed by atoms with Crippen LogP contribution in [0.3, 0.4) is 0 Å². The lowest BCUT2D eigenvalue weighted by atomic mass is 10.1. The van der Waals surface area contributed by atoms with E-state index in [-0.39, 0.29) is 22.6 Å². The summed E-state index contributed by atoms with van der Waals surface area (Å²) < 4.78 is 26.7. The Morgan fingerprint density at radius 1 is 1.19 bits per heavy atom. The lowest BCUT2D eigenvalue weighted by molar-refractivity contribution is -0.117. The Morgan fingerprint density at radius 2 is 1.87 bits per heavy atom. The fourth-order valence-corrected chi connectivity index (χ4v) is 6.12. The van der Waals surface area contributed by atoms with E-state index in [9.17, 15) is 18.0 Å². The van der Waals surface area contributed by atoms with Crippen molar-refractivity contribution < 1.29 is 18.0 Å². The fourth-order valence-electron chi connectivity index (χ4n) is 3.64. The molecule has 1 aromatic carbocycles. The van der Waals surface area contributed by atoms with E-state index < -0.39 is 10.0 Å². The number of sulfonamides is 1. The van der Waals surface area contributed by atoms with Gasteiger partial charge in [0.1, 0.15) is 0 Å². The molecule has 0 radical (unpaired) electrons. The first-order valence-corrected chi connectivity index (χ1v) is 12.8. The van der Waals surface area contributed by atoms with Crippen molar-refractivity contribution in [1.29, 1.82) is 0 Å². The zero-order valence-electron chi connectivity index (χ0n) is 17.6. The highest BCUT2D eigenvalue weighted by Crippen LogP contribution is 2.33. The van der Waals surface area contributed by atoms with Crippen molar-refractivity contribution in [3.8, 4) is 0 Å². The number of aromatic nitrogens is 1. The first-order valence-electron chi connectivity index (χ1n) is 10.5. The monoisotopic (exact) mass is 462 g/mol. The maximum atomic E-state index is 13.0. The van der Waals surface area contributed by atoms with E-state index >= 15 is 0 Å². The molecular formula is C21H26N4O4S2. The molecule has 2 heterocycles. The van der Waals surface area contributed by atoms with Gasteiger partial charge >= 0.3 is 0 Å². The minimum Gasteiger partial charge on any atom is -0.333 e. The molecule has 2 aromatic rings. The minimum atomic E-state index is -3.55. The van der Waals surface area contributed by atoms with Gasteiger partial charge in [-0.2, -0.15) is 4.31 Å². The van der Waals surface area contributed by atoms with Gasteiger partial charge in [0.2, 0.25) is 15.9 Å². The molecule has 0 atom stereocenters. The number of nitrogens with one attached hydrogen (secondary N) is 1. The molecule has 166 valence electrons. The van der Waals surface area contributed by atoms with Crippen LogP contribution in [0.2, 0.25) is 0 Å². The Bertz CT molecular complexity index is 1090. The second-order valence-corrected chi connectivity index (χ2v) is 10.8. The van der Waals surface area contributed by atoms with E-state index in [0.29, 0.717) is 43.3 Å². The van der Waals surface area contributed by atoms with Gasteiger partial charge in [0.25, 0.3) is 5.91 Å². The van der Waals surface area contributed by atoms with Crippen molar-refractivity contribution in [2.45, 2.75) is 44.6 Å². The summed E-state index contributed by atoms with van der Waals surface area (Å²) in [5, 5.41) is 3.48. The molecule has 2 amide bonds. The normalized spacial score (nSPS) is 16.3. The van der Waals surface area contributed by atoms with E-state index in [1.807, 2.05) is 0 Å². The zero-order chi connectivity index (χ0) is 22.2. The van der Waals surface area contributed by atoms with Gasteiger partial charge < -0.3 is 10.2 Å². The Hall–Kier alpha value is -2.30. The second kappa shape index (κ2) is 8.68. The molecule has 0 saturated heterocycles. The molecule has 8 nitrogen and oxygen atoms in total. The first-order chi connectivity index (χ1) is 14.8. The highest BCUT2D eigenvalue weighted by molar-refractivity contribution is 7.89. The van der Waals surface area contributed by atoms with Gasteiger partial charge in [0, 0.05) is 42.4 Å². The smallest absolute Gasteiger partial charge is 0.254 e. The maximum Gasteiger partial charge on any atom is 0.254 e. The SMILES string of the molecule is CCN(CC)S(=O)(=O)c1ccc(C(=O)N2CCc3nc(NC(=O)C4CC4)sc3C2)cc1.